The van der Waals surface area contributed by atoms with Crippen LogP contribution in [-0.2, 0) is 6.42 Å². The second-order valence-corrected chi connectivity index (χ2v) is 5.85. The van der Waals surface area contributed by atoms with E-state index in [0.29, 0.717) is 12.5 Å². The fourth-order valence-corrected chi connectivity index (χ4v) is 2.25. The molecule has 0 spiro atoms. The number of pyridine rings is 1. The van der Waals surface area contributed by atoms with Gasteiger partial charge in [-0.05, 0) is 41.0 Å². The normalized spacial score (nSPS) is 10.7. The van der Waals surface area contributed by atoms with Crippen LogP contribution in [0.1, 0.15) is 43.2 Å². The molecule has 1 aromatic rings. The number of H-pyrrole nitrogens is 1. The van der Waals surface area contributed by atoms with Gasteiger partial charge in [-0.1, -0.05) is 27.2 Å². The van der Waals surface area contributed by atoms with Crippen molar-refractivity contribution in [2.24, 2.45) is 5.92 Å². The molecule has 0 aliphatic rings. The minimum atomic E-state index is -0.305. The summed E-state index contributed by atoms with van der Waals surface area (Å²) in [4.78, 5) is 26.5. The molecule has 18 heavy (non-hydrogen) atoms. The summed E-state index contributed by atoms with van der Waals surface area (Å²) in [5.41, 5.74) is 0.795. The molecule has 1 heterocycles. The van der Waals surface area contributed by atoms with Crippen LogP contribution in [0.5, 0.6) is 0 Å². The van der Waals surface area contributed by atoms with Crippen molar-refractivity contribution in [2.75, 3.05) is 6.54 Å². The fourth-order valence-electron chi connectivity index (χ4n) is 1.54. The largest absolute Gasteiger partial charge is 0.352 e. The van der Waals surface area contributed by atoms with Gasteiger partial charge in [0.05, 0.1) is 0 Å². The molecule has 0 radical (unpaired) electrons. The average molecular weight is 362 g/mol. The van der Waals surface area contributed by atoms with Crippen molar-refractivity contribution in [1.82, 2.24) is 10.3 Å². The lowest BCUT2D eigenvalue weighted by atomic mass is 10.1. The molecule has 4 nitrogen and oxygen atoms in total. The van der Waals surface area contributed by atoms with Crippen LogP contribution in [0.2, 0.25) is 0 Å². The lowest BCUT2D eigenvalue weighted by Gasteiger charge is -2.09. The molecule has 0 saturated carbocycles. The zero-order chi connectivity index (χ0) is 13.7. The van der Waals surface area contributed by atoms with Crippen molar-refractivity contribution in [3.63, 3.8) is 0 Å². The Morgan fingerprint density at radius 1 is 1.50 bits per heavy atom. The quantitative estimate of drug-likeness (QED) is 0.790. The van der Waals surface area contributed by atoms with Crippen molar-refractivity contribution in [1.29, 1.82) is 0 Å². The molecule has 5 heteroatoms. The first-order valence-corrected chi connectivity index (χ1v) is 7.23. The molecule has 1 rings (SSSR count). The highest BCUT2D eigenvalue weighted by atomic mass is 127. The first-order valence-electron chi connectivity index (χ1n) is 6.15. The van der Waals surface area contributed by atoms with Crippen LogP contribution in [0, 0.1) is 9.49 Å². The van der Waals surface area contributed by atoms with Gasteiger partial charge in [0.1, 0.15) is 5.56 Å². The molecule has 2 N–H and O–H groups in total. The molecule has 0 bridgehead atoms. The number of aromatic nitrogens is 1. The van der Waals surface area contributed by atoms with E-state index in [0.717, 1.165) is 22.1 Å². The van der Waals surface area contributed by atoms with Crippen molar-refractivity contribution >= 4 is 28.5 Å². The van der Waals surface area contributed by atoms with E-state index in [1.165, 1.54) is 0 Å². The van der Waals surface area contributed by atoms with E-state index >= 15 is 0 Å². The highest BCUT2D eigenvalue weighted by Gasteiger charge is 2.13. The van der Waals surface area contributed by atoms with Crippen LogP contribution in [0.4, 0.5) is 0 Å². The average Bonchev–Trinajstić information content (AvgIpc) is 2.30. The van der Waals surface area contributed by atoms with Crippen LogP contribution in [0.15, 0.2) is 10.9 Å². The smallest absolute Gasteiger partial charge is 0.261 e. The van der Waals surface area contributed by atoms with Gasteiger partial charge in [0.15, 0.2) is 0 Å². The Morgan fingerprint density at radius 2 is 2.17 bits per heavy atom. The van der Waals surface area contributed by atoms with E-state index < -0.39 is 0 Å². The van der Waals surface area contributed by atoms with Crippen LogP contribution in [-0.4, -0.2) is 17.4 Å². The van der Waals surface area contributed by atoms with E-state index in [-0.39, 0.29) is 17.0 Å². The monoisotopic (exact) mass is 362 g/mol. The van der Waals surface area contributed by atoms with Crippen molar-refractivity contribution in [3.8, 4) is 0 Å². The molecule has 100 valence electrons. The Hall–Kier alpha value is -0.850. The Balaban J connectivity index is 2.93. The maximum absolute atomic E-state index is 11.9. The van der Waals surface area contributed by atoms with Gasteiger partial charge in [0.25, 0.3) is 11.5 Å². The van der Waals surface area contributed by atoms with Gasteiger partial charge in [-0.2, -0.15) is 0 Å². The van der Waals surface area contributed by atoms with Crippen LogP contribution < -0.4 is 10.9 Å². The first kappa shape index (κ1) is 15.2. The van der Waals surface area contributed by atoms with Gasteiger partial charge in [-0.15, -0.1) is 0 Å². The number of carbonyl (C=O) groups is 1. The van der Waals surface area contributed by atoms with Crippen LogP contribution in [0.3, 0.4) is 0 Å². The zero-order valence-electron chi connectivity index (χ0n) is 11.0. The van der Waals surface area contributed by atoms with Gasteiger partial charge in [-0.3, -0.25) is 9.59 Å². The van der Waals surface area contributed by atoms with Gasteiger partial charge in [-0.25, -0.2) is 0 Å². The molecular weight excluding hydrogens is 343 g/mol. The van der Waals surface area contributed by atoms with Crippen molar-refractivity contribution in [2.45, 2.75) is 33.6 Å². The number of hydrogen-bond donors (Lipinski definition) is 2. The minimum Gasteiger partial charge on any atom is -0.352 e. The summed E-state index contributed by atoms with van der Waals surface area (Å²) in [7, 11) is 0. The summed E-state index contributed by atoms with van der Waals surface area (Å²) < 4.78 is 0.934. The van der Waals surface area contributed by atoms with E-state index in [1.54, 1.807) is 6.07 Å². The topological polar surface area (TPSA) is 62.0 Å². The molecule has 1 aromatic heterocycles. The zero-order valence-corrected chi connectivity index (χ0v) is 13.1. The number of nitrogens with one attached hydrogen (secondary N) is 2. The Kier molecular flexibility index (Phi) is 5.84. The second-order valence-electron chi connectivity index (χ2n) is 4.69. The summed E-state index contributed by atoms with van der Waals surface area (Å²) in [5.74, 6) is 0.0670. The minimum absolute atomic E-state index is 0.194. The molecule has 0 atom stereocenters. The lowest BCUT2D eigenvalue weighted by Crippen LogP contribution is -2.32. The Bertz CT molecular complexity index is 480. The van der Waals surface area contributed by atoms with Crippen LogP contribution >= 0.6 is 22.6 Å². The number of halogens is 1. The molecule has 0 aliphatic carbocycles. The molecule has 0 aromatic carbocycles. The molecule has 0 fully saturated rings. The third kappa shape index (κ3) is 4.12. The highest BCUT2D eigenvalue weighted by molar-refractivity contribution is 14.1. The maximum atomic E-state index is 11.9. The first-order chi connectivity index (χ1) is 8.45. The van der Waals surface area contributed by atoms with E-state index in [9.17, 15) is 9.59 Å². The highest BCUT2D eigenvalue weighted by Crippen LogP contribution is 2.11. The SMILES string of the molecule is CCCc1[nH]c(=O)c(C(=O)NCC(C)C)cc1I. The molecule has 0 aliphatic heterocycles. The van der Waals surface area contributed by atoms with E-state index in [4.69, 9.17) is 0 Å². The third-order valence-corrected chi connectivity index (χ3v) is 3.45. The van der Waals surface area contributed by atoms with Gasteiger partial charge in [0.2, 0.25) is 0 Å². The molecule has 1 amide bonds. The summed E-state index contributed by atoms with van der Waals surface area (Å²) in [6, 6.07) is 1.67. The Morgan fingerprint density at radius 3 is 2.72 bits per heavy atom. The summed E-state index contributed by atoms with van der Waals surface area (Å²) >= 11 is 2.15. The van der Waals surface area contributed by atoms with Gasteiger partial charge < -0.3 is 10.3 Å². The van der Waals surface area contributed by atoms with E-state index in [1.807, 2.05) is 13.8 Å². The number of carbonyl (C=O) groups excluding carboxylic acids is 1. The predicted molar refractivity (Wildman–Crippen MR) is 80.9 cm³/mol. The summed E-state index contributed by atoms with van der Waals surface area (Å²) in [6.07, 6.45) is 1.78. The predicted octanol–water partition coefficient (Wildman–Crippen LogP) is 2.32. The number of aromatic amines is 1. The number of rotatable bonds is 5. The maximum Gasteiger partial charge on any atom is 0.261 e. The second kappa shape index (κ2) is 6.92. The third-order valence-electron chi connectivity index (χ3n) is 2.48. The molecule has 0 saturated heterocycles. The number of amides is 1. The van der Waals surface area contributed by atoms with E-state index in [2.05, 4.69) is 39.8 Å². The van der Waals surface area contributed by atoms with Crippen LogP contribution in [0.25, 0.3) is 0 Å². The molecular formula is C13H19IN2O2. The van der Waals surface area contributed by atoms with Crippen molar-refractivity contribution < 1.29 is 4.79 Å². The Labute approximate surface area is 121 Å². The number of hydrogen-bond acceptors (Lipinski definition) is 2. The fraction of sp³-hybridized carbons (Fsp3) is 0.538. The van der Waals surface area contributed by atoms with Crippen molar-refractivity contribution in [3.05, 3.63) is 31.2 Å². The molecule has 0 unspecified atom stereocenters. The summed E-state index contributed by atoms with van der Waals surface area (Å²) in [5, 5.41) is 2.76. The van der Waals surface area contributed by atoms with Gasteiger partial charge >= 0.3 is 0 Å². The summed E-state index contributed by atoms with van der Waals surface area (Å²) in [6.45, 7) is 6.65. The van der Waals surface area contributed by atoms with Gasteiger partial charge in [0, 0.05) is 15.8 Å². The standard InChI is InChI=1S/C13H19IN2O2/c1-4-5-11-10(14)6-9(13(18)16-11)12(17)15-7-8(2)3/h6,8H,4-5,7H2,1-3H3,(H,15,17)(H,16,18). The number of aryl methyl sites for hydroxylation is 1. The lowest BCUT2D eigenvalue weighted by molar-refractivity contribution is 0.0947.